The number of phenols is 1. The van der Waals surface area contributed by atoms with Gasteiger partial charge in [-0.1, -0.05) is 25.1 Å². The summed E-state index contributed by atoms with van der Waals surface area (Å²) in [6.07, 6.45) is 2.77. The van der Waals surface area contributed by atoms with Crippen molar-refractivity contribution in [1.82, 2.24) is 4.98 Å². The van der Waals surface area contributed by atoms with Gasteiger partial charge in [0.05, 0.1) is 11.6 Å². The molecule has 3 heteroatoms. The van der Waals surface area contributed by atoms with E-state index in [2.05, 4.69) is 35.4 Å². The number of fused-ring (bicyclic) bond motifs is 1. The molecule has 2 aromatic carbocycles. The van der Waals surface area contributed by atoms with E-state index in [1.54, 1.807) is 18.3 Å². The minimum absolute atomic E-state index is 0.222. The normalized spacial score (nSPS) is 12.2. The van der Waals surface area contributed by atoms with E-state index >= 15 is 0 Å². The van der Waals surface area contributed by atoms with Crippen molar-refractivity contribution < 1.29 is 5.11 Å². The highest BCUT2D eigenvalue weighted by Gasteiger charge is 2.09. The van der Waals surface area contributed by atoms with Crippen LogP contribution in [0.4, 0.5) is 5.69 Å². The van der Waals surface area contributed by atoms with Crippen molar-refractivity contribution >= 4 is 16.6 Å². The number of nitrogens with one attached hydrogen (secondary N) is 1. The topological polar surface area (TPSA) is 45.2 Å². The van der Waals surface area contributed by atoms with Gasteiger partial charge in [-0.05, 0) is 48.4 Å². The maximum atomic E-state index is 9.39. The zero-order chi connectivity index (χ0) is 14.7. The molecule has 1 unspecified atom stereocenters. The van der Waals surface area contributed by atoms with Gasteiger partial charge in [-0.15, -0.1) is 0 Å². The third-order valence-corrected chi connectivity index (χ3v) is 3.65. The van der Waals surface area contributed by atoms with E-state index in [1.807, 2.05) is 24.3 Å². The van der Waals surface area contributed by atoms with Gasteiger partial charge in [0, 0.05) is 17.3 Å². The molecule has 0 radical (unpaired) electrons. The molecule has 0 aliphatic rings. The first-order valence-electron chi connectivity index (χ1n) is 7.16. The van der Waals surface area contributed by atoms with Gasteiger partial charge in [0.2, 0.25) is 0 Å². The number of benzene rings is 2. The number of aromatic nitrogens is 1. The molecule has 0 saturated carbocycles. The predicted molar refractivity (Wildman–Crippen MR) is 86.5 cm³/mol. The highest BCUT2D eigenvalue weighted by Crippen LogP contribution is 2.25. The van der Waals surface area contributed by atoms with E-state index < -0.39 is 0 Å². The van der Waals surface area contributed by atoms with E-state index in [4.69, 9.17) is 0 Å². The molecule has 0 amide bonds. The molecule has 0 spiro atoms. The zero-order valence-electron chi connectivity index (χ0n) is 12.0. The smallest absolute Gasteiger partial charge is 0.115 e. The second-order valence-corrected chi connectivity index (χ2v) is 5.11. The molecule has 0 bridgehead atoms. The van der Waals surface area contributed by atoms with Gasteiger partial charge in [0.15, 0.2) is 0 Å². The summed E-state index contributed by atoms with van der Waals surface area (Å²) >= 11 is 0. The summed E-state index contributed by atoms with van der Waals surface area (Å²) in [5.74, 6) is 0.297. The largest absolute Gasteiger partial charge is 0.508 e. The minimum atomic E-state index is 0.222. The third kappa shape index (κ3) is 2.97. The maximum Gasteiger partial charge on any atom is 0.115 e. The zero-order valence-corrected chi connectivity index (χ0v) is 12.0. The van der Waals surface area contributed by atoms with Crippen LogP contribution in [-0.2, 0) is 0 Å². The SMILES string of the molecule is CCC(Nc1ccc2ncccc2c1)c1ccc(O)cc1. The Morgan fingerprint density at radius 3 is 2.67 bits per heavy atom. The molecule has 0 saturated heterocycles. The van der Waals surface area contributed by atoms with Crippen molar-refractivity contribution in [2.45, 2.75) is 19.4 Å². The molecule has 3 aromatic rings. The molecule has 21 heavy (non-hydrogen) atoms. The molecule has 106 valence electrons. The summed E-state index contributed by atoms with van der Waals surface area (Å²) in [5.41, 5.74) is 3.25. The molecule has 0 fully saturated rings. The number of nitrogens with zero attached hydrogens (tertiary/aromatic N) is 1. The standard InChI is InChI=1S/C18H18N2O/c1-2-17(13-5-8-16(21)9-6-13)20-15-7-10-18-14(12-15)4-3-11-19-18/h3-12,17,20-21H,2H2,1H3. The molecule has 0 aliphatic heterocycles. The molecule has 3 nitrogen and oxygen atoms in total. The lowest BCUT2D eigenvalue weighted by Crippen LogP contribution is -2.09. The van der Waals surface area contributed by atoms with Gasteiger partial charge >= 0.3 is 0 Å². The van der Waals surface area contributed by atoms with Crippen LogP contribution in [0.1, 0.15) is 24.9 Å². The molecule has 0 aliphatic carbocycles. The first kappa shape index (κ1) is 13.4. The Morgan fingerprint density at radius 1 is 1.10 bits per heavy atom. The molecule has 3 rings (SSSR count). The number of aromatic hydroxyl groups is 1. The van der Waals surface area contributed by atoms with Crippen LogP contribution in [0.15, 0.2) is 60.8 Å². The van der Waals surface area contributed by atoms with E-state index in [1.165, 1.54) is 5.56 Å². The number of hydrogen-bond acceptors (Lipinski definition) is 3. The van der Waals surface area contributed by atoms with Crippen LogP contribution in [0, 0.1) is 0 Å². The average molecular weight is 278 g/mol. The first-order chi connectivity index (χ1) is 10.3. The minimum Gasteiger partial charge on any atom is -0.508 e. The van der Waals surface area contributed by atoms with Crippen molar-refractivity contribution in [3.05, 3.63) is 66.4 Å². The van der Waals surface area contributed by atoms with Gasteiger partial charge < -0.3 is 10.4 Å². The van der Waals surface area contributed by atoms with Crippen molar-refractivity contribution in [2.75, 3.05) is 5.32 Å². The molecule has 1 aromatic heterocycles. The van der Waals surface area contributed by atoms with E-state index in [0.717, 1.165) is 23.0 Å². The lowest BCUT2D eigenvalue weighted by Gasteiger charge is -2.19. The fourth-order valence-corrected chi connectivity index (χ4v) is 2.49. The van der Waals surface area contributed by atoms with E-state index in [-0.39, 0.29) is 6.04 Å². The molecular weight excluding hydrogens is 260 g/mol. The Kier molecular flexibility index (Phi) is 3.73. The highest BCUT2D eigenvalue weighted by molar-refractivity contribution is 5.82. The second kappa shape index (κ2) is 5.83. The fourth-order valence-electron chi connectivity index (χ4n) is 2.49. The summed E-state index contributed by atoms with van der Waals surface area (Å²) < 4.78 is 0. The highest BCUT2D eigenvalue weighted by atomic mass is 16.3. The number of hydrogen-bond donors (Lipinski definition) is 2. The van der Waals surface area contributed by atoms with Gasteiger partial charge in [-0.3, -0.25) is 4.98 Å². The van der Waals surface area contributed by atoms with Gasteiger partial charge in [0.1, 0.15) is 5.75 Å². The lowest BCUT2D eigenvalue weighted by molar-refractivity contribution is 0.475. The van der Waals surface area contributed by atoms with Gasteiger partial charge in [0.25, 0.3) is 0 Å². The van der Waals surface area contributed by atoms with Crippen LogP contribution in [-0.4, -0.2) is 10.1 Å². The number of phenolic OH excluding ortho intramolecular Hbond substituents is 1. The summed E-state index contributed by atoms with van der Waals surface area (Å²) in [6, 6.07) is 17.8. The van der Waals surface area contributed by atoms with E-state index in [0.29, 0.717) is 5.75 Å². The van der Waals surface area contributed by atoms with Gasteiger partial charge in [-0.25, -0.2) is 0 Å². The van der Waals surface area contributed by atoms with Crippen molar-refractivity contribution in [2.24, 2.45) is 0 Å². The lowest BCUT2D eigenvalue weighted by atomic mass is 10.0. The van der Waals surface area contributed by atoms with Crippen LogP contribution >= 0.6 is 0 Å². The summed E-state index contributed by atoms with van der Waals surface area (Å²) in [6.45, 7) is 2.15. The predicted octanol–water partition coefficient (Wildman–Crippen LogP) is 4.50. The fraction of sp³-hybridized carbons (Fsp3) is 0.167. The van der Waals surface area contributed by atoms with Gasteiger partial charge in [-0.2, -0.15) is 0 Å². The second-order valence-electron chi connectivity index (χ2n) is 5.11. The van der Waals surface area contributed by atoms with Crippen molar-refractivity contribution in [1.29, 1.82) is 0 Å². The quantitative estimate of drug-likeness (QED) is 0.738. The maximum absolute atomic E-state index is 9.39. The van der Waals surface area contributed by atoms with Crippen LogP contribution in [0.5, 0.6) is 5.75 Å². The molecule has 1 atom stereocenters. The van der Waals surface area contributed by atoms with Crippen molar-refractivity contribution in [3.63, 3.8) is 0 Å². The summed E-state index contributed by atoms with van der Waals surface area (Å²) in [5, 5.41) is 14.1. The number of anilines is 1. The Balaban J connectivity index is 1.86. The van der Waals surface area contributed by atoms with E-state index in [9.17, 15) is 5.11 Å². The number of pyridine rings is 1. The van der Waals surface area contributed by atoms with Crippen LogP contribution in [0.25, 0.3) is 10.9 Å². The summed E-state index contributed by atoms with van der Waals surface area (Å²) in [4.78, 5) is 4.33. The Morgan fingerprint density at radius 2 is 1.90 bits per heavy atom. The van der Waals surface area contributed by atoms with Crippen LogP contribution in [0.2, 0.25) is 0 Å². The van der Waals surface area contributed by atoms with Crippen LogP contribution < -0.4 is 5.32 Å². The van der Waals surface area contributed by atoms with Crippen LogP contribution in [0.3, 0.4) is 0 Å². The Labute approximate surface area is 124 Å². The molecule has 1 heterocycles. The number of rotatable bonds is 4. The third-order valence-electron chi connectivity index (χ3n) is 3.65. The van der Waals surface area contributed by atoms with Crippen molar-refractivity contribution in [3.8, 4) is 5.75 Å². The Bertz CT molecular complexity index is 738. The molecular formula is C18H18N2O. The monoisotopic (exact) mass is 278 g/mol. The Hall–Kier alpha value is -2.55. The molecule has 2 N–H and O–H groups in total. The average Bonchev–Trinajstić information content (AvgIpc) is 2.53. The first-order valence-corrected chi connectivity index (χ1v) is 7.16. The summed E-state index contributed by atoms with van der Waals surface area (Å²) in [7, 11) is 0.